The fraction of sp³-hybridized carbons (Fsp3) is 0.118. The quantitative estimate of drug-likeness (QED) is 0.473. The highest BCUT2D eigenvalue weighted by molar-refractivity contribution is 7.80. The largest absolute Gasteiger partial charge is 0.375 e. The van der Waals surface area contributed by atoms with Gasteiger partial charge >= 0.3 is 0 Å². The van der Waals surface area contributed by atoms with Crippen molar-refractivity contribution in [2.75, 3.05) is 6.54 Å². The van der Waals surface area contributed by atoms with Crippen LogP contribution in [0.25, 0.3) is 0 Å². The smallest absolute Gasteiger partial charge is 0.275 e. The number of benzene rings is 1. The number of rotatable bonds is 5. The third-order valence-corrected chi connectivity index (χ3v) is 3.78. The van der Waals surface area contributed by atoms with Crippen LogP contribution in [0.5, 0.6) is 0 Å². The van der Waals surface area contributed by atoms with Gasteiger partial charge in [-0.1, -0.05) is 29.8 Å². The van der Waals surface area contributed by atoms with Gasteiger partial charge in [0.1, 0.15) is 5.56 Å². The van der Waals surface area contributed by atoms with Crippen molar-refractivity contribution in [2.45, 2.75) is 6.54 Å². The van der Waals surface area contributed by atoms with Crippen LogP contribution in [-0.4, -0.2) is 27.1 Å². The van der Waals surface area contributed by atoms with Gasteiger partial charge in [-0.25, -0.2) is 0 Å². The maximum absolute atomic E-state index is 12.6. The van der Waals surface area contributed by atoms with Gasteiger partial charge in [-0.3, -0.25) is 20.0 Å². The molecule has 0 saturated heterocycles. The zero-order chi connectivity index (χ0) is 18.4. The summed E-state index contributed by atoms with van der Waals surface area (Å²) in [5.41, 5.74) is 8.43. The minimum atomic E-state index is -0.597. The summed E-state index contributed by atoms with van der Waals surface area (Å²) in [6, 6.07) is 10.2. The van der Waals surface area contributed by atoms with E-state index in [-0.39, 0.29) is 17.2 Å². The van der Waals surface area contributed by atoms with Crippen LogP contribution in [0.3, 0.4) is 0 Å². The molecular formula is C17H17ClN4O2S. The number of nitrogens with one attached hydrogen (secondary N) is 1. The Kier molecular flexibility index (Phi) is 6.32. The maximum atomic E-state index is 12.6. The number of pyridine rings is 1. The zero-order valence-electron chi connectivity index (χ0n) is 13.3. The van der Waals surface area contributed by atoms with Crippen LogP contribution in [0.15, 0.2) is 60.0 Å². The second-order valence-electron chi connectivity index (χ2n) is 5.16. The third kappa shape index (κ3) is 4.91. The van der Waals surface area contributed by atoms with Crippen molar-refractivity contribution in [1.29, 1.82) is 0 Å². The molecular weight excluding hydrogens is 360 g/mol. The number of nitrogens with zero attached hydrogens (tertiary/aromatic N) is 2. The molecule has 1 aromatic carbocycles. The summed E-state index contributed by atoms with van der Waals surface area (Å²) in [5, 5.41) is 1.79. The van der Waals surface area contributed by atoms with Crippen molar-refractivity contribution in [3.05, 3.63) is 81.8 Å². The van der Waals surface area contributed by atoms with E-state index in [1.807, 2.05) is 6.07 Å². The lowest BCUT2D eigenvalue weighted by Crippen LogP contribution is -2.49. The molecule has 0 atom stereocenters. The average molecular weight is 377 g/mol. The molecule has 25 heavy (non-hydrogen) atoms. The Morgan fingerprint density at radius 3 is 2.80 bits per heavy atom. The van der Waals surface area contributed by atoms with Crippen LogP contribution in [0.1, 0.15) is 15.9 Å². The minimum absolute atomic E-state index is 0.0187. The highest BCUT2D eigenvalue weighted by atomic mass is 35.5. The standard InChI is InChI=1S/C17H17ClN4O2S/c1-2-8-22(17(19)25)20-15(23)14-7-4-9-21(16(14)24)11-12-5-3-6-13(18)10-12/h2-7,9-10H,1,8,11H2,(H2,19,25)(H,20,23). The molecule has 0 saturated carbocycles. The molecule has 1 aromatic heterocycles. The topological polar surface area (TPSA) is 80.4 Å². The number of thiocarbonyl (C=S) groups is 1. The Morgan fingerprint density at radius 1 is 1.40 bits per heavy atom. The molecule has 2 rings (SSSR count). The Hall–Kier alpha value is -2.64. The zero-order valence-corrected chi connectivity index (χ0v) is 14.9. The second kappa shape index (κ2) is 8.46. The van der Waals surface area contributed by atoms with E-state index in [1.165, 1.54) is 21.7 Å². The number of carbonyl (C=O) groups is 1. The molecule has 0 aliphatic rings. The molecule has 3 N–H and O–H groups in total. The maximum Gasteiger partial charge on any atom is 0.275 e. The van der Waals surface area contributed by atoms with Crippen LogP contribution in [0.4, 0.5) is 0 Å². The van der Waals surface area contributed by atoms with E-state index in [1.54, 1.807) is 30.5 Å². The van der Waals surface area contributed by atoms with Crippen molar-refractivity contribution in [1.82, 2.24) is 15.0 Å². The number of amides is 1. The molecule has 1 heterocycles. The number of aromatic nitrogens is 1. The van der Waals surface area contributed by atoms with E-state index in [0.29, 0.717) is 11.6 Å². The highest BCUT2D eigenvalue weighted by Gasteiger charge is 2.15. The third-order valence-electron chi connectivity index (χ3n) is 3.32. The summed E-state index contributed by atoms with van der Waals surface area (Å²) in [6.07, 6.45) is 3.14. The van der Waals surface area contributed by atoms with Crippen molar-refractivity contribution < 1.29 is 4.79 Å². The number of hydrogen-bond donors (Lipinski definition) is 2. The molecule has 0 fully saturated rings. The van der Waals surface area contributed by atoms with Crippen LogP contribution < -0.4 is 16.7 Å². The van der Waals surface area contributed by atoms with Crippen LogP contribution >= 0.6 is 23.8 Å². The summed E-state index contributed by atoms with van der Waals surface area (Å²) in [4.78, 5) is 25.0. The van der Waals surface area contributed by atoms with Gasteiger partial charge in [-0.2, -0.15) is 0 Å². The fourth-order valence-corrected chi connectivity index (χ4v) is 2.50. The molecule has 0 unspecified atom stereocenters. The summed E-state index contributed by atoms with van der Waals surface area (Å²) in [5.74, 6) is -0.597. The van der Waals surface area contributed by atoms with E-state index in [0.717, 1.165) is 5.56 Å². The Balaban J connectivity index is 2.25. The van der Waals surface area contributed by atoms with Gasteiger partial charge in [-0.05, 0) is 42.0 Å². The summed E-state index contributed by atoms with van der Waals surface area (Å²) < 4.78 is 1.43. The first-order valence-corrected chi connectivity index (χ1v) is 8.13. The summed E-state index contributed by atoms with van der Waals surface area (Å²) >= 11 is 10.8. The monoisotopic (exact) mass is 376 g/mol. The predicted octanol–water partition coefficient (Wildman–Crippen LogP) is 1.93. The number of carbonyl (C=O) groups excluding carboxylic acids is 1. The fourth-order valence-electron chi connectivity index (χ4n) is 2.17. The highest BCUT2D eigenvalue weighted by Crippen LogP contribution is 2.11. The van der Waals surface area contributed by atoms with E-state index in [9.17, 15) is 9.59 Å². The first kappa shape index (κ1) is 18.7. The lowest BCUT2D eigenvalue weighted by Gasteiger charge is -2.21. The van der Waals surface area contributed by atoms with Gasteiger partial charge in [-0.15, -0.1) is 6.58 Å². The van der Waals surface area contributed by atoms with Gasteiger partial charge in [0.25, 0.3) is 11.5 Å². The minimum Gasteiger partial charge on any atom is -0.375 e. The molecule has 130 valence electrons. The van der Waals surface area contributed by atoms with Crippen molar-refractivity contribution in [3.63, 3.8) is 0 Å². The van der Waals surface area contributed by atoms with E-state index >= 15 is 0 Å². The lowest BCUT2D eigenvalue weighted by molar-refractivity contribution is 0.0876. The number of hydrogen-bond acceptors (Lipinski definition) is 3. The van der Waals surface area contributed by atoms with E-state index < -0.39 is 11.5 Å². The van der Waals surface area contributed by atoms with Gasteiger partial charge in [0.2, 0.25) is 0 Å². The van der Waals surface area contributed by atoms with Crippen LogP contribution in [0.2, 0.25) is 5.02 Å². The molecule has 2 aromatic rings. The van der Waals surface area contributed by atoms with Crippen LogP contribution in [-0.2, 0) is 6.54 Å². The first-order chi connectivity index (χ1) is 11.9. The normalized spacial score (nSPS) is 10.1. The number of hydrazine groups is 1. The molecule has 0 aliphatic carbocycles. The molecule has 8 heteroatoms. The SMILES string of the molecule is C=CCN(NC(=O)c1cccn(Cc2cccc(Cl)c2)c1=O)C(N)=S. The molecule has 0 aliphatic heterocycles. The Bertz CT molecular complexity index is 866. The van der Waals surface area contributed by atoms with E-state index in [2.05, 4.69) is 12.0 Å². The summed E-state index contributed by atoms with van der Waals surface area (Å²) in [7, 11) is 0. The van der Waals surface area contributed by atoms with Crippen molar-refractivity contribution in [2.24, 2.45) is 5.73 Å². The van der Waals surface area contributed by atoms with Crippen molar-refractivity contribution in [3.8, 4) is 0 Å². The average Bonchev–Trinajstić information content (AvgIpc) is 2.56. The van der Waals surface area contributed by atoms with Gasteiger partial charge in [0.15, 0.2) is 5.11 Å². The second-order valence-corrected chi connectivity index (χ2v) is 6.02. The molecule has 0 radical (unpaired) electrons. The molecule has 0 spiro atoms. The summed E-state index contributed by atoms with van der Waals surface area (Å²) in [6.45, 7) is 4.09. The first-order valence-electron chi connectivity index (χ1n) is 7.35. The van der Waals surface area contributed by atoms with Crippen LogP contribution in [0, 0.1) is 0 Å². The predicted molar refractivity (Wildman–Crippen MR) is 102 cm³/mol. The number of nitrogens with two attached hydrogens (primary N) is 1. The van der Waals surface area contributed by atoms with Gasteiger partial charge < -0.3 is 10.3 Å². The van der Waals surface area contributed by atoms with Gasteiger partial charge in [0, 0.05) is 11.2 Å². The van der Waals surface area contributed by atoms with Crippen molar-refractivity contribution >= 4 is 34.8 Å². The molecule has 0 bridgehead atoms. The number of halogens is 1. The lowest BCUT2D eigenvalue weighted by atomic mass is 10.2. The Labute approximate surface area is 155 Å². The van der Waals surface area contributed by atoms with E-state index in [4.69, 9.17) is 29.6 Å². The molecule has 1 amide bonds. The molecule has 6 nitrogen and oxygen atoms in total. The van der Waals surface area contributed by atoms with Gasteiger partial charge in [0.05, 0.1) is 13.1 Å². The Morgan fingerprint density at radius 2 is 2.16 bits per heavy atom.